The van der Waals surface area contributed by atoms with Gasteiger partial charge >= 0.3 is 0 Å². The summed E-state index contributed by atoms with van der Waals surface area (Å²) in [7, 11) is 0. The average Bonchev–Trinajstić information content (AvgIpc) is 2.47. The van der Waals surface area contributed by atoms with Crippen LogP contribution in [0.2, 0.25) is 0 Å². The number of carbonyl (C=O) groups excluding carboxylic acids is 2. The first-order valence-electron chi connectivity index (χ1n) is 5.00. The Morgan fingerprint density at radius 1 is 1.40 bits per heavy atom. The summed E-state index contributed by atoms with van der Waals surface area (Å²) in [5.41, 5.74) is 1.06. The van der Waals surface area contributed by atoms with Crippen molar-refractivity contribution in [2.75, 3.05) is 6.54 Å². The van der Waals surface area contributed by atoms with Crippen LogP contribution in [0.5, 0.6) is 0 Å². The number of rotatable bonds is 2. The minimum absolute atomic E-state index is 0.169. The minimum Gasteiger partial charge on any atom is -0.275 e. The molecule has 0 aromatic carbocycles. The largest absolute Gasteiger partial charge is 0.275 e. The summed E-state index contributed by atoms with van der Waals surface area (Å²) >= 11 is 0. The maximum absolute atomic E-state index is 11.8. The van der Waals surface area contributed by atoms with E-state index in [2.05, 4.69) is 11.8 Å². The van der Waals surface area contributed by atoms with Gasteiger partial charge in [0, 0.05) is 18.5 Å². The Bertz CT molecular complexity index is 446. The van der Waals surface area contributed by atoms with Crippen molar-refractivity contribution in [1.29, 1.82) is 0 Å². The monoisotopic (exact) mass is 201 g/mol. The first kappa shape index (κ1) is 9.72. The van der Waals surface area contributed by atoms with Gasteiger partial charge in [-0.2, -0.15) is 0 Å². The molecule has 0 aromatic heterocycles. The van der Waals surface area contributed by atoms with Crippen LogP contribution in [0.25, 0.3) is 0 Å². The Labute approximate surface area is 88.4 Å². The summed E-state index contributed by atoms with van der Waals surface area (Å²) < 4.78 is 0. The average molecular weight is 201 g/mol. The molecule has 1 aliphatic heterocycles. The quantitative estimate of drug-likeness (QED) is 0.494. The third-order valence-electron chi connectivity index (χ3n) is 2.45. The van der Waals surface area contributed by atoms with Crippen LogP contribution in [0.4, 0.5) is 0 Å². The maximum Gasteiger partial charge on any atom is 0.261 e. The normalized spacial score (nSPS) is 18.9. The van der Waals surface area contributed by atoms with Gasteiger partial charge in [-0.05, 0) is 18.6 Å². The van der Waals surface area contributed by atoms with Gasteiger partial charge in [0.05, 0.1) is 5.57 Å². The predicted octanol–water partition coefficient (Wildman–Crippen LogP) is 1.03. The van der Waals surface area contributed by atoms with Crippen LogP contribution in [0.3, 0.4) is 0 Å². The number of hydrogen-bond acceptors (Lipinski definition) is 2. The molecular formula is C12H11NO2. The lowest BCUT2D eigenvalue weighted by atomic mass is 10.1. The van der Waals surface area contributed by atoms with Gasteiger partial charge in [0.15, 0.2) is 0 Å². The van der Waals surface area contributed by atoms with E-state index in [0.29, 0.717) is 24.1 Å². The van der Waals surface area contributed by atoms with Gasteiger partial charge in [-0.1, -0.05) is 18.8 Å². The molecular weight excluding hydrogens is 190 g/mol. The van der Waals surface area contributed by atoms with Gasteiger partial charge in [-0.3, -0.25) is 14.5 Å². The fraction of sp³-hybridized carbons (Fsp3) is 0.333. The lowest BCUT2D eigenvalue weighted by molar-refractivity contribution is -0.137. The van der Waals surface area contributed by atoms with E-state index in [1.54, 1.807) is 12.2 Å². The Balaban J connectivity index is 2.35. The van der Waals surface area contributed by atoms with Gasteiger partial charge in [0.25, 0.3) is 11.8 Å². The molecule has 0 unspecified atom stereocenters. The molecule has 1 heterocycles. The second kappa shape index (κ2) is 3.74. The second-order valence-corrected chi connectivity index (χ2v) is 3.49. The van der Waals surface area contributed by atoms with Crippen molar-refractivity contribution in [3.8, 4) is 11.8 Å². The zero-order valence-electron chi connectivity index (χ0n) is 8.54. The summed E-state index contributed by atoms with van der Waals surface area (Å²) in [4.78, 5) is 25.0. The number of nitrogens with zero attached hydrogens (tertiary/aromatic N) is 1. The van der Waals surface area contributed by atoms with E-state index in [9.17, 15) is 9.59 Å². The van der Waals surface area contributed by atoms with Crippen LogP contribution in [0, 0.1) is 11.8 Å². The van der Waals surface area contributed by atoms with E-state index in [-0.39, 0.29) is 11.8 Å². The number of allylic oxidation sites excluding steroid dienone is 1. The summed E-state index contributed by atoms with van der Waals surface area (Å²) in [6.45, 7) is 2.44. The zero-order chi connectivity index (χ0) is 10.8. The van der Waals surface area contributed by atoms with E-state index in [1.807, 2.05) is 6.92 Å². The van der Waals surface area contributed by atoms with Crippen LogP contribution in [0.15, 0.2) is 23.3 Å². The van der Waals surface area contributed by atoms with E-state index < -0.39 is 0 Å². The molecule has 0 spiro atoms. The molecule has 0 bridgehead atoms. The molecule has 0 saturated heterocycles. The molecule has 2 rings (SSSR count). The maximum atomic E-state index is 11.8. The van der Waals surface area contributed by atoms with Gasteiger partial charge in [0.2, 0.25) is 0 Å². The van der Waals surface area contributed by atoms with Crippen LogP contribution >= 0.6 is 0 Å². The highest BCUT2D eigenvalue weighted by molar-refractivity contribution is 6.21. The topological polar surface area (TPSA) is 37.4 Å². The van der Waals surface area contributed by atoms with E-state index in [1.165, 1.54) is 4.90 Å². The number of hydrogen-bond donors (Lipinski definition) is 0. The Morgan fingerprint density at radius 2 is 2.20 bits per heavy atom. The standard InChI is InChI=1S/C12H11NO2/c1-2-8-13-11(14)9-6-4-3-5-7-10(9)12(13)15/h4,6H,2,7-8H2,1H3. The molecule has 0 aromatic rings. The lowest BCUT2D eigenvalue weighted by Gasteiger charge is -2.12. The fourth-order valence-corrected chi connectivity index (χ4v) is 1.74. The van der Waals surface area contributed by atoms with Crippen molar-refractivity contribution in [2.45, 2.75) is 19.8 Å². The SMILES string of the molecule is CCCN1C(=O)C2=C(CC#CC=C2)C1=O. The molecule has 0 atom stereocenters. The summed E-state index contributed by atoms with van der Waals surface area (Å²) in [6.07, 6.45) is 4.44. The first-order chi connectivity index (χ1) is 7.25. The Morgan fingerprint density at radius 3 is 2.93 bits per heavy atom. The fourth-order valence-electron chi connectivity index (χ4n) is 1.74. The molecule has 0 fully saturated rings. The summed E-state index contributed by atoms with van der Waals surface area (Å²) in [5, 5.41) is 0. The van der Waals surface area contributed by atoms with Crippen LogP contribution < -0.4 is 0 Å². The number of imide groups is 1. The molecule has 2 aliphatic rings. The second-order valence-electron chi connectivity index (χ2n) is 3.49. The van der Waals surface area contributed by atoms with Gasteiger partial charge in [0.1, 0.15) is 0 Å². The summed E-state index contributed by atoms with van der Waals surface area (Å²) in [6, 6.07) is 0. The van der Waals surface area contributed by atoms with E-state index >= 15 is 0 Å². The Kier molecular flexibility index (Phi) is 2.42. The highest BCUT2D eigenvalue weighted by Gasteiger charge is 2.35. The van der Waals surface area contributed by atoms with Gasteiger partial charge < -0.3 is 0 Å². The van der Waals surface area contributed by atoms with Crippen molar-refractivity contribution >= 4 is 11.8 Å². The third kappa shape index (κ3) is 1.48. The molecule has 76 valence electrons. The first-order valence-corrected chi connectivity index (χ1v) is 5.00. The predicted molar refractivity (Wildman–Crippen MR) is 55.6 cm³/mol. The van der Waals surface area contributed by atoms with Crippen molar-refractivity contribution in [2.24, 2.45) is 0 Å². The van der Waals surface area contributed by atoms with Crippen LogP contribution in [-0.2, 0) is 9.59 Å². The minimum atomic E-state index is -0.182. The third-order valence-corrected chi connectivity index (χ3v) is 2.45. The molecule has 3 heteroatoms. The molecule has 0 N–H and O–H groups in total. The van der Waals surface area contributed by atoms with E-state index in [0.717, 1.165) is 6.42 Å². The van der Waals surface area contributed by atoms with Crippen molar-refractivity contribution in [1.82, 2.24) is 4.90 Å². The van der Waals surface area contributed by atoms with Crippen molar-refractivity contribution < 1.29 is 9.59 Å². The Hall–Kier alpha value is -1.82. The molecule has 3 nitrogen and oxygen atoms in total. The van der Waals surface area contributed by atoms with Gasteiger partial charge in [-0.25, -0.2) is 0 Å². The number of amides is 2. The highest BCUT2D eigenvalue weighted by atomic mass is 16.2. The van der Waals surface area contributed by atoms with Crippen LogP contribution in [0.1, 0.15) is 19.8 Å². The smallest absolute Gasteiger partial charge is 0.261 e. The molecule has 0 radical (unpaired) electrons. The molecule has 15 heavy (non-hydrogen) atoms. The van der Waals surface area contributed by atoms with E-state index in [4.69, 9.17) is 0 Å². The molecule has 2 amide bonds. The zero-order valence-corrected chi connectivity index (χ0v) is 8.54. The lowest BCUT2D eigenvalue weighted by Crippen LogP contribution is -2.32. The molecule has 0 saturated carbocycles. The number of carbonyl (C=O) groups is 2. The van der Waals surface area contributed by atoms with Crippen molar-refractivity contribution in [3.63, 3.8) is 0 Å². The summed E-state index contributed by atoms with van der Waals surface area (Å²) in [5.74, 6) is 5.26. The van der Waals surface area contributed by atoms with Gasteiger partial charge in [-0.15, -0.1) is 0 Å². The van der Waals surface area contributed by atoms with Crippen LogP contribution in [-0.4, -0.2) is 23.3 Å². The molecule has 1 aliphatic carbocycles. The highest BCUT2D eigenvalue weighted by Crippen LogP contribution is 2.25. The van der Waals surface area contributed by atoms with Crippen molar-refractivity contribution in [3.05, 3.63) is 23.3 Å².